The Morgan fingerprint density at radius 2 is 2.35 bits per heavy atom. The fourth-order valence-corrected chi connectivity index (χ4v) is 1.35. The van der Waals surface area contributed by atoms with Crippen LogP contribution in [0.2, 0.25) is 0 Å². The quantitative estimate of drug-likeness (QED) is 0.773. The van der Waals surface area contributed by atoms with Crippen LogP contribution in [0.4, 0.5) is 0 Å². The van der Waals surface area contributed by atoms with E-state index in [4.69, 9.17) is 9.78 Å². The molecule has 0 aliphatic heterocycles. The minimum atomic E-state index is 0.135. The Kier molecular flexibility index (Phi) is 3.14. The van der Waals surface area contributed by atoms with Gasteiger partial charge in [0.2, 0.25) is 5.89 Å². The first kappa shape index (κ1) is 11.3. The highest BCUT2D eigenvalue weighted by Crippen LogP contribution is 2.06. The summed E-state index contributed by atoms with van der Waals surface area (Å²) in [5.74, 6) is 1.77. The van der Waals surface area contributed by atoms with Crippen molar-refractivity contribution in [1.82, 2.24) is 24.9 Å². The van der Waals surface area contributed by atoms with Crippen LogP contribution < -0.4 is 0 Å². The van der Waals surface area contributed by atoms with E-state index in [0.717, 1.165) is 6.42 Å². The summed E-state index contributed by atoms with van der Waals surface area (Å²) in [7, 11) is 0. The molecular formula is C10H12N6O. The Bertz CT molecular complexity index is 535. The molecule has 0 atom stereocenters. The van der Waals surface area contributed by atoms with Gasteiger partial charge in [-0.25, -0.2) is 9.67 Å². The first-order chi connectivity index (χ1) is 8.17. The SMILES string of the molecule is CC(C)Cc1nc(Cn2cnc(C#N)n2)no1. The molecule has 2 aromatic rings. The largest absolute Gasteiger partial charge is 0.339 e. The molecule has 0 amide bonds. The zero-order chi connectivity index (χ0) is 12.3. The van der Waals surface area contributed by atoms with Gasteiger partial charge < -0.3 is 4.52 Å². The molecule has 2 rings (SSSR count). The summed E-state index contributed by atoms with van der Waals surface area (Å²) in [5.41, 5.74) is 0. The summed E-state index contributed by atoms with van der Waals surface area (Å²) in [4.78, 5) is 8.02. The summed E-state index contributed by atoms with van der Waals surface area (Å²) in [6.45, 7) is 4.53. The predicted molar refractivity (Wildman–Crippen MR) is 56.7 cm³/mol. The van der Waals surface area contributed by atoms with Crippen molar-refractivity contribution in [2.45, 2.75) is 26.8 Å². The number of hydrogen-bond acceptors (Lipinski definition) is 6. The van der Waals surface area contributed by atoms with Gasteiger partial charge >= 0.3 is 0 Å². The number of nitrogens with zero attached hydrogens (tertiary/aromatic N) is 6. The van der Waals surface area contributed by atoms with Gasteiger partial charge in [-0.15, -0.1) is 5.10 Å². The molecule has 0 saturated heterocycles. The fourth-order valence-electron chi connectivity index (χ4n) is 1.35. The topological polar surface area (TPSA) is 93.4 Å². The number of nitriles is 1. The molecule has 88 valence electrons. The summed E-state index contributed by atoms with van der Waals surface area (Å²) in [6.07, 6.45) is 2.23. The Morgan fingerprint density at radius 1 is 1.53 bits per heavy atom. The van der Waals surface area contributed by atoms with Crippen LogP contribution >= 0.6 is 0 Å². The fraction of sp³-hybridized carbons (Fsp3) is 0.500. The molecule has 0 N–H and O–H groups in total. The third-order valence-electron chi connectivity index (χ3n) is 2.03. The minimum Gasteiger partial charge on any atom is -0.339 e. The Balaban J connectivity index is 2.04. The van der Waals surface area contributed by atoms with Crippen molar-refractivity contribution in [1.29, 1.82) is 5.26 Å². The summed E-state index contributed by atoms with van der Waals surface area (Å²) >= 11 is 0. The smallest absolute Gasteiger partial charge is 0.252 e. The van der Waals surface area contributed by atoms with Crippen LogP contribution in [0.1, 0.15) is 31.4 Å². The standard InChI is InChI=1S/C10H12N6O/c1-7(2)3-10-13-9(15-17-10)5-16-6-12-8(4-11)14-16/h6-7H,3,5H2,1-2H3. The third-order valence-corrected chi connectivity index (χ3v) is 2.03. The van der Waals surface area contributed by atoms with E-state index in [9.17, 15) is 0 Å². The molecule has 17 heavy (non-hydrogen) atoms. The summed E-state index contributed by atoms with van der Waals surface area (Å²) < 4.78 is 6.60. The average Bonchev–Trinajstić information content (AvgIpc) is 2.88. The third kappa shape index (κ3) is 2.87. The number of aromatic nitrogens is 5. The van der Waals surface area contributed by atoms with Crippen molar-refractivity contribution in [3.63, 3.8) is 0 Å². The highest BCUT2D eigenvalue weighted by atomic mass is 16.5. The summed E-state index contributed by atoms with van der Waals surface area (Å²) in [6, 6.07) is 1.86. The zero-order valence-electron chi connectivity index (χ0n) is 9.66. The van der Waals surface area contributed by atoms with Gasteiger partial charge in [0.25, 0.3) is 5.82 Å². The molecule has 0 bridgehead atoms. The Labute approximate surface area is 98.1 Å². The van der Waals surface area contributed by atoms with E-state index >= 15 is 0 Å². The highest BCUT2D eigenvalue weighted by molar-refractivity contribution is 5.05. The molecule has 7 heteroatoms. The van der Waals surface area contributed by atoms with Crippen LogP contribution in [0.3, 0.4) is 0 Å². The van der Waals surface area contributed by atoms with Gasteiger partial charge in [-0.1, -0.05) is 19.0 Å². The van der Waals surface area contributed by atoms with Gasteiger partial charge in [0.15, 0.2) is 5.82 Å². The molecule has 0 radical (unpaired) electrons. The average molecular weight is 232 g/mol. The normalized spacial score (nSPS) is 10.7. The van der Waals surface area contributed by atoms with E-state index in [-0.39, 0.29) is 5.82 Å². The second kappa shape index (κ2) is 4.74. The predicted octanol–water partition coefficient (Wildman–Crippen LogP) is 0.780. The van der Waals surface area contributed by atoms with Gasteiger partial charge in [-0.2, -0.15) is 10.2 Å². The van der Waals surface area contributed by atoms with E-state index in [2.05, 4.69) is 34.1 Å². The number of hydrogen-bond donors (Lipinski definition) is 0. The second-order valence-electron chi connectivity index (χ2n) is 4.08. The van der Waals surface area contributed by atoms with Crippen molar-refractivity contribution < 1.29 is 4.52 Å². The highest BCUT2D eigenvalue weighted by Gasteiger charge is 2.09. The molecule has 2 heterocycles. The van der Waals surface area contributed by atoms with Crippen molar-refractivity contribution in [2.24, 2.45) is 5.92 Å². The Morgan fingerprint density at radius 3 is 3.00 bits per heavy atom. The van der Waals surface area contributed by atoms with Crippen LogP contribution in [0.5, 0.6) is 0 Å². The molecule has 0 fully saturated rings. The van der Waals surface area contributed by atoms with E-state index in [1.54, 1.807) is 0 Å². The molecule has 7 nitrogen and oxygen atoms in total. The molecule has 2 aromatic heterocycles. The van der Waals surface area contributed by atoms with Gasteiger partial charge in [0, 0.05) is 6.42 Å². The van der Waals surface area contributed by atoms with Crippen LogP contribution in [0.25, 0.3) is 0 Å². The maximum atomic E-state index is 8.58. The van der Waals surface area contributed by atoms with Gasteiger partial charge in [0.1, 0.15) is 18.9 Å². The van der Waals surface area contributed by atoms with E-state index in [1.165, 1.54) is 11.0 Å². The van der Waals surface area contributed by atoms with E-state index in [1.807, 2.05) is 6.07 Å². The maximum absolute atomic E-state index is 8.58. The van der Waals surface area contributed by atoms with Crippen molar-refractivity contribution in [3.05, 3.63) is 23.9 Å². The lowest BCUT2D eigenvalue weighted by atomic mass is 10.1. The minimum absolute atomic E-state index is 0.135. The van der Waals surface area contributed by atoms with Crippen molar-refractivity contribution in [3.8, 4) is 6.07 Å². The van der Waals surface area contributed by atoms with Crippen LogP contribution in [0, 0.1) is 17.2 Å². The van der Waals surface area contributed by atoms with Crippen molar-refractivity contribution >= 4 is 0 Å². The van der Waals surface area contributed by atoms with Gasteiger partial charge in [0.05, 0.1) is 0 Å². The van der Waals surface area contributed by atoms with Crippen LogP contribution in [-0.2, 0) is 13.0 Å². The van der Waals surface area contributed by atoms with E-state index in [0.29, 0.717) is 24.2 Å². The molecule has 0 unspecified atom stereocenters. The van der Waals surface area contributed by atoms with Crippen LogP contribution in [0.15, 0.2) is 10.9 Å². The molecular weight excluding hydrogens is 220 g/mol. The van der Waals surface area contributed by atoms with Crippen molar-refractivity contribution in [2.75, 3.05) is 0 Å². The molecule has 0 aromatic carbocycles. The molecule has 0 spiro atoms. The van der Waals surface area contributed by atoms with Gasteiger partial charge in [-0.05, 0) is 5.92 Å². The lowest BCUT2D eigenvalue weighted by Crippen LogP contribution is -2.02. The van der Waals surface area contributed by atoms with Gasteiger partial charge in [-0.3, -0.25) is 0 Å². The zero-order valence-corrected chi connectivity index (χ0v) is 9.66. The lowest BCUT2D eigenvalue weighted by Gasteiger charge is -1.96. The molecule has 0 aliphatic carbocycles. The summed E-state index contributed by atoms with van der Waals surface area (Å²) in [5, 5.41) is 16.3. The first-order valence-corrected chi connectivity index (χ1v) is 5.28. The first-order valence-electron chi connectivity index (χ1n) is 5.28. The van der Waals surface area contributed by atoms with E-state index < -0.39 is 0 Å². The lowest BCUT2D eigenvalue weighted by molar-refractivity contribution is 0.357. The monoisotopic (exact) mass is 232 g/mol. The maximum Gasteiger partial charge on any atom is 0.252 e. The second-order valence-corrected chi connectivity index (χ2v) is 4.08. The van der Waals surface area contributed by atoms with Crippen LogP contribution in [-0.4, -0.2) is 24.9 Å². The Hall–Kier alpha value is -2.23. The molecule has 0 saturated carbocycles. The molecule has 0 aliphatic rings. The number of rotatable bonds is 4.